The molecule has 0 radical (unpaired) electrons. The molecule has 0 saturated carbocycles. The molecule has 1 aliphatic rings. The van der Waals surface area contributed by atoms with Crippen molar-refractivity contribution in [3.63, 3.8) is 0 Å². The number of carbonyl (C=O) groups is 1. The van der Waals surface area contributed by atoms with E-state index in [0.717, 1.165) is 29.4 Å². The van der Waals surface area contributed by atoms with Crippen LogP contribution in [0, 0.1) is 0 Å². The quantitative estimate of drug-likeness (QED) is 0.801. The van der Waals surface area contributed by atoms with Crippen LogP contribution in [0.25, 0.3) is 0 Å². The van der Waals surface area contributed by atoms with E-state index in [9.17, 15) is 4.79 Å². The van der Waals surface area contributed by atoms with Gasteiger partial charge < -0.3 is 15.8 Å². The second-order valence-electron chi connectivity index (χ2n) is 5.73. The highest BCUT2D eigenvalue weighted by Crippen LogP contribution is 2.31. The number of hydrogen-bond acceptors (Lipinski definition) is 3. The van der Waals surface area contributed by atoms with Crippen LogP contribution in [0.3, 0.4) is 0 Å². The van der Waals surface area contributed by atoms with E-state index in [1.54, 1.807) is 25.3 Å². The van der Waals surface area contributed by atoms with Crippen LogP contribution in [-0.2, 0) is 6.42 Å². The number of rotatable bonds is 3. The Bertz CT molecular complexity index is 746. The number of nitrogens with two attached hydrogens (primary N) is 1. The first-order valence-electron chi connectivity index (χ1n) is 7.61. The highest BCUT2D eigenvalue weighted by atomic mass is 79.9. The molecule has 1 amide bonds. The molecule has 3 rings (SSSR count). The molecule has 0 heterocycles. The van der Waals surface area contributed by atoms with Crippen LogP contribution < -0.4 is 15.8 Å². The molecule has 120 valence electrons. The van der Waals surface area contributed by atoms with Gasteiger partial charge in [-0.2, -0.15) is 0 Å². The van der Waals surface area contributed by atoms with E-state index in [-0.39, 0.29) is 11.9 Å². The van der Waals surface area contributed by atoms with Gasteiger partial charge in [-0.3, -0.25) is 4.79 Å². The minimum absolute atomic E-state index is 0.0349. The van der Waals surface area contributed by atoms with Gasteiger partial charge in [0.05, 0.1) is 17.6 Å². The molecule has 1 atom stereocenters. The number of benzene rings is 2. The van der Waals surface area contributed by atoms with Crippen LogP contribution in [0.15, 0.2) is 40.9 Å². The number of amides is 1. The van der Waals surface area contributed by atoms with Crippen molar-refractivity contribution in [3.05, 3.63) is 57.6 Å². The lowest BCUT2D eigenvalue weighted by molar-refractivity contribution is 0.0932. The second kappa shape index (κ2) is 6.62. The fourth-order valence-corrected chi connectivity index (χ4v) is 3.57. The third-order valence-corrected chi connectivity index (χ3v) is 4.82. The molecule has 1 aliphatic carbocycles. The Morgan fingerprint density at radius 2 is 2.13 bits per heavy atom. The van der Waals surface area contributed by atoms with E-state index in [0.29, 0.717) is 11.3 Å². The summed E-state index contributed by atoms with van der Waals surface area (Å²) in [4.78, 5) is 12.5. The fraction of sp³-hybridized carbons (Fsp3) is 0.278. The van der Waals surface area contributed by atoms with Crippen LogP contribution >= 0.6 is 15.9 Å². The maximum atomic E-state index is 12.5. The maximum Gasteiger partial charge on any atom is 0.251 e. The molecule has 2 aromatic carbocycles. The molecule has 0 aliphatic heterocycles. The summed E-state index contributed by atoms with van der Waals surface area (Å²) in [6.45, 7) is 0. The predicted molar refractivity (Wildman–Crippen MR) is 94.7 cm³/mol. The summed E-state index contributed by atoms with van der Waals surface area (Å²) in [7, 11) is 1.60. The van der Waals surface area contributed by atoms with Crippen LogP contribution in [0.4, 0.5) is 5.69 Å². The van der Waals surface area contributed by atoms with Crippen molar-refractivity contribution in [2.75, 3.05) is 12.8 Å². The van der Waals surface area contributed by atoms with Gasteiger partial charge in [0.15, 0.2) is 0 Å². The monoisotopic (exact) mass is 374 g/mol. The average Bonchev–Trinajstić information content (AvgIpc) is 2.54. The molecular formula is C18H19BrN2O2. The predicted octanol–water partition coefficient (Wildman–Crippen LogP) is 3.85. The van der Waals surface area contributed by atoms with E-state index < -0.39 is 0 Å². The molecule has 23 heavy (non-hydrogen) atoms. The number of halogens is 1. The first kappa shape index (κ1) is 15.9. The van der Waals surface area contributed by atoms with E-state index in [1.165, 1.54) is 11.1 Å². The highest BCUT2D eigenvalue weighted by molar-refractivity contribution is 9.10. The lowest BCUT2D eigenvalue weighted by Gasteiger charge is -2.26. The van der Waals surface area contributed by atoms with Crippen molar-refractivity contribution in [1.29, 1.82) is 0 Å². The first-order valence-corrected chi connectivity index (χ1v) is 8.40. The Hall–Kier alpha value is -2.01. The molecule has 0 spiro atoms. The van der Waals surface area contributed by atoms with Gasteiger partial charge in [0.2, 0.25) is 0 Å². The van der Waals surface area contributed by atoms with Gasteiger partial charge in [-0.25, -0.2) is 0 Å². The van der Waals surface area contributed by atoms with Crippen LogP contribution in [0.5, 0.6) is 5.75 Å². The van der Waals surface area contributed by atoms with Crippen molar-refractivity contribution in [3.8, 4) is 5.75 Å². The Balaban J connectivity index is 1.80. The summed E-state index contributed by atoms with van der Waals surface area (Å²) < 4.78 is 5.96. The lowest BCUT2D eigenvalue weighted by Crippen LogP contribution is -2.31. The minimum Gasteiger partial charge on any atom is -0.496 e. The van der Waals surface area contributed by atoms with Crippen molar-refractivity contribution in [2.45, 2.75) is 25.3 Å². The summed E-state index contributed by atoms with van der Waals surface area (Å²) in [6.07, 6.45) is 3.01. The zero-order valence-corrected chi connectivity index (χ0v) is 14.5. The third kappa shape index (κ3) is 3.34. The number of nitrogen functional groups attached to an aromatic ring is 1. The molecule has 2 aromatic rings. The SMILES string of the molecule is COc1ccc(C(=O)NC2CCCc3cc(N)ccc32)cc1Br. The minimum atomic E-state index is -0.0805. The van der Waals surface area contributed by atoms with E-state index in [1.807, 2.05) is 18.2 Å². The largest absolute Gasteiger partial charge is 0.496 e. The third-order valence-electron chi connectivity index (χ3n) is 4.20. The molecule has 4 nitrogen and oxygen atoms in total. The number of hydrogen-bond donors (Lipinski definition) is 2. The van der Waals surface area contributed by atoms with Crippen LogP contribution in [0.2, 0.25) is 0 Å². The topological polar surface area (TPSA) is 64.3 Å². The molecule has 1 unspecified atom stereocenters. The van der Waals surface area contributed by atoms with Crippen molar-refractivity contribution in [1.82, 2.24) is 5.32 Å². The number of ether oxygens (including phenoxy) is 1. The molecule has 5 heteroatoms. The van der Waals surface area contributed by atoms with Crippen LogP contribution in [-0.4, -0.2) is 13.0 Å². The number of fused-ring (bicyclic) bond motifs is 1. The van der Waals surface area contributed by atoms with Crippen molar-refractivity contribution in [2.24, 2.45) is 0 Å². The van der Waals surface area contributed by atoms with Crippen LogP contribution in [0.1, 0.15) is 40.4 Å². The van der Waals surface area contributed by atoms with Gasteiger partial charge in [0, 0.05) is 11.3 Å². The van der Waals surface area contributed by atoms with Gasteiger partial charge in [-0.05, 0) is 76.7 Å². The normalized spacial score (nSPS) is 16.5. The van der Waals surface area contributed by atoms with Gasteiger partial charge in [-0.1, -0.05) is 6.07 Å². The Morgan fingerprint density at radius 3 is 2.87 bits per heavy atom. The summed E-state index contributed by atoms with van der Waals surface area (Å²) in [6, 6.07) is 11.3. The Kier molecular flexibility index (Phi) is 4.57. The van der Waals surface area contributed by atoms with E-state index in [4.69, 9.17) is 10.5 Å². The lowest BCUT2D eigenvalue weighted by atomic mass is 9.87. The first-order chi connectivity index (χ1) is 11.1. The maximum absolute atomic E-state index is 12.5. The van der Waals surface area contributed by atoms with E-state index in [2.05, 4.69) is 21.2 Å². The summed E-state index contributed by atoms with van der Waals surface area (Å²) in [5.41, 5.74) is 9.65. The smallest absolute Gasteiger partial charge is 0.251 e. The fourth-order valence-electron chi connectivity index (χ4n) is 3.03. The zero-order chi connectivity index (χ0) is 16.4. The molecule has 3 N–H and O–H groups in total. The van der Waals surface area contributed by atoms with E-state index >= 15 is 0 Å². The number of anilines is 1. The standard InChI is InChI=1S/C18H19BrN2O2/c1-23-17-8-5-12(10-15(17)19)18(22)21-16-4-2-3-11-9-13(20)6-7-14(11)16/h5-10,16H,2-4,20H2,1H3,(H,21,22). The van der Waals surface area contributed by atoms with Crippen molar-refractivity contribution < 1.29 is 9.53 Å². The van der Waals surface area contributed by atoms with Gasteiger partial charge in [-0.15, -0.1) is 0 Å². The highest BCUT2D eigenvalue weighted by Gasteiger charge is 2.22. The molecule has 0 bridgehead atoms. The number of nitrogens with one attached hydrogen (secondary N) is 1. The molecule has 0 fully saturated rings. The average molecular weight is 375 g/mol. The Morgan fingerprint density at radius 1 is 1.30 bits per heavy atom. The molecular weight excluding hydrogens is 356 g/mol. The number of aryl methyl sites for hydroxylation is 1. The Labute approximate surface area is 144 Å². The summed E-state index contributed by atoms with van der Waals surface area (Å²) in [5, 5.41) is 3.13. The van der Waals surface area contributed by atoms with Gasteiger partial charge in [0.25, 0.3) is 5.91 Å². The summed E-state index contributed by atoms with van der Waals surface area (Å²) >= 11 is 3.42. The van der Waals surface area contributed by atoms with Gasteiger partial charge >= 0.3 is 0 Å². The molecule has 0 saturated heterocycles. The number of methoxy groups -OCH3 is 1. The molecule has 0 aromatic heterocycles. The zero-order valence-electron chi connectivity index (χ0n) is 12.9. The van der Waals surface area contributed by atoms with Crippen molar-refractivity contribution >= 4 is 27.5 Å². The second-order valence-corrected chi connectivity index (χ2v) is 6.58. The summed E-state index contributed by atoms with van der Waals surface area (Å²) in [5.74, 6) is 0.628. The van der Waals surface area contributed by atoms with Gasteiger partial charge in [0.1, 0.15) is 5.75 Å². The number of carbonyl (C=O) groups excluding carboxylic acids is 1.